The maximum absolute atomic E-state index is 14.0. The van der Waals surface area contributed by atoms with Crippen molar-refractivity contribution in [1.29, 1.82) is 0 Å². The number of aromatic amines is 1. The summed E-state index contributed by atoms with van der Waals surface area (Å²) >= 11 is 6.58. The summed E-state index contributed by atoms with van der Waals surface area (Å²) in [5, 5.41) is 5.87. The van der Waals surface area contributed by atoms with E-state index in [9.17, 15) is 22.8 Å². The Morgan fingerprint density at radius 1 is 0.902 bits per heavy atom. The second-order valence-corrected chi connectivity index (χ2v) is 10.1. The molecule has 0 unspecified atom stereocenters. The van der Waals surface area contributed by atoms with E-state index in [2.05, 4.69) is 10.1 Å². The molecule has 4 aromatic carbocycles. The van der Waals surface area contributed by atoms with Gasteiger partial charge in [-0.05, 0) is 47.2 Å². The van der Waals surface area contributed by atoms with E-state index in [-0.39, 0.29) is 27.1 Å². The molecule has 0 aliphatic rings. The number of hydrogen-bond donors (Lipinski definition) is 1. The van der Waals surface area contributed by atoms with E-state index in [1.54, 1.807) is 48.5 Å². The highest BCUT2D eigenvalue weighted by Crippen LogP contribution is 2.43. The van der Waals surface area contributed by atoms with Crippen molar-refractivity contribution >= 4 is 33.3 Å². The third-order valence-corrected chi connectivity index (χ3v) is 7.30. The van der Waals surface area contributed by atoms with Crippen LogP contribution in [0.4, 0.5) is 13.2 Å². The van der Waals surface area contributed by atoms with Gasteiger partial charge in [0.1, 0.15) is 0 Å². The van der Waals surface area contributed by atoms with Crippen molar-refractivity contribution in [3.63, 3.8) is 0 Å². The third-order valence-electron chi connectivity index (χ3n) is 6.98. The molecule has 206 valence electrons. The van der Waals surface area contributed by atoms with Gasteiger partial charge in [-0.3, -0.25) is 9.48 Å². The molecule has 0 saturated carbocycles. The van der Waals surface area contributed by atoms with Gasteiger partial charge in [0.25, 0.3) is 5.56 Å². The maximum atomic E-state index is 14.0. The van der Waals surface area contributed by atoms with E-state index in [0.717, 1.165) is 15.3 Å². The van der Waals surface area contributed by atoms with Crippen LogP contribution in [-0.4, -0.2) is 19.3 Å². The number of fused-ring (bicyclic) bond motifs is 2. The summed E-state index contributed by atoms with van der Waals surface area (Å²) in [5.74, 6) is 0. The molecule has 0 spiro atoms. The molecule has 0 atom stereocenters. The number of benzene rings is 4. The molecule has 0 aliphatic heterocycles. The lowest BCUT2D eigenvalue weighted by Crippen LogP contribution is -2.33. The third kappa shape index (κ3) is 4.62. The van der Waals surface area contributed by atoms with Gasteiger partial charge in [0.15, 0.2) is 5.69 Å². The number of aromatic nitrogens is 4. The topological polar surface area (TPSA) is 72.7 Å². The van der Waals surface area contributed by atoms with Crippen LogP contribution in [0.5, 0.6) is 0 Å². The highest BCUT2D eigenvalue weighted by Gasteiger charge is 2.38. The van der Waals surface area contributed by atoms with Crippen LogP contribution in [0, 0.1) is 0 Å². The number of alkyl halides is 3. The predicted octanol–water partition coefficient (Wildman–Crippen LogP) is 7.44. The summed E-state index contributed by atoms with van der Waals surface area (Å²) in [6, 6.07) is 22.2. The Hall–Kier alpha value is -4.63. The summed E-state index contributed by atoms with van der Waals surface area (Å²) in [6.07, 6.45) is -2.71. The first-order valence-electron chi connectivity index (χ1n) is 12.9. The normalized spacial score (nSPS) is 11.9. The second kappa shape index (κ2) is 10.1. The smallest absolute Gasteiger partial charge is 0.306 e. The summed E-state index contributed by atoms with van der Waals surface area (Å²) in [4.78, 5) is 29.6. The molecule has 41 heavy (non-hydrogen) atoms. The van der Waals surface area contributed by atoms with E-state index in [4.69, 9.17) is 11.6 Å². The minimum Gasteiger partial charge on any atom is -0.306 e. The standard InChI is InChI=1S/C31H22ClF3N4O2/c1-2-15-38-17-23(28(37-38)31(33,34)35)21-10-6-11-24(32)27(21)19-13-14-22-25(16-19)36-30(41)39(29(22)40)26-12-5-8-18-7-3-4-9-20(18)26/h3-14,16-17H,2,15H2,1H3,(H,36,41). The van der Waals surface area contributed by atoms with Crippen LogP contribution >= 0.6 is 11.6 Å². The molecule has 0 fully saturated rings. The van der Waals surface area contributed by atoms with E-state index in [0.29, 0.717) is 29.8 Å². The molecule has 0 aliphatic carbocycles. The monoisotopic (exact) mass is 574 g/mol. The first-order chi connectivity index (χ1) is 19.7. The van der Waals surface area contributed by atoms with Crippen LogP contribution in [0.1, 0.15) is 19.0 Å². The molecular weight excluding hydrogens is 553 g/mol. The van der Waals surface area contributed by atoms with Crippen molar-refractivity contribution in [3.8, 4) is 27.9 Å². The number of nitrogens with zero attached hydrogens (tertiary/aromatic N) is 3. The Bertz CT molecular complexity index is 2070. The zero-order valence-electron chi connectivity index (χ0n) is 21.7. The average molecular weight is 575 g/mol. The Morgan fingerprint density at radius 3 is 2.44 bits per heavy atom. The second-order valence-electron chi connectivity index (χ2n) is 9.64. The van der Waals surface area contributed by atoms with E-state index in [1.165, 1.54) is 10.9 Å². The van der Waals surface area contributed by atoms with Crippen LogP contribution in [-0.2, 0) is 12.7 Å². The molecule has 6 aromatic rings. The van der Waals surface area contributed by atoms with Crippen LogP contribution in [0.3, 0.4) is 0 Å². The van der Waals surface area contributed by atoms with Crippen molar-refractivity contribution in [2.24, 2.45) is 0 Å². The summed E-state index contributed by atoms with van der Waals surface area (Å²) < 4.78 is 44.4. The van der Waals surface area contributed by atoms with Crippen molar-refractivity contribution in [3.05, 3.63) is 117 Å². The average Bonchev–Trinajstić information content (AvgIpc) is 3.37. The van der Waals surface area contributed by atoms with Gasteiger partial charge in [-0.2, -0.15) is 18.3 Å². The molecule has 6 rings (SSSR count). The molecule has 0 radical (unpaired) electrons. The van der Waals surface area contributed by atoms with Crippen molar-refractivity contribution in [2.45, 2.75) is 26.1 Å². The quantitative estimate of drug-likeness (QED) is 0.232. The zero-order chi connectivity index (χ0) is 28.9. The largest absolute Gasteiger partial charge is 0.435 e. The van der Waals surface area contributed by atoms with E-state index >= 15 is 0 Å². The molecule has 0 amide bonds. The highest BCUT2D eigenvalue weighted by atomic mass is 35.5. The predicted molar refractivity (Wildman–Crippen MR) is 155 cm³/mol. The number of nitrogens with one attached hydrogen (secondary N) is 1. The van der Waals surface area contributed by atoms with Gasteiger partial charge in [-0.15, -0.1) is 0 Å². The van der Waals surface area contributed by atoms with E-state index < -0.39 is 23.1 Å². The molecule has 2 aromatic heterocycles. The number of halogens is 4. The van der Waals surface area contributed by atoms with Crippen molar-refractivity contribution in [2.75, 3.05) is 0 Å². The fourth-order valence-electron chi connectivity index (χ4n) is 5.21. The molecule has 0 bridgehead atoms. The minimum atomic E-state index is -4.69. The minimum absolute atomic E-state index is 0.108. The lowest BCUT2D eigenvalue weighted by molar-refractivity contribution is -0.141. The SMILES string of the molecule is CCCn1cc(-c2cccc(Cl)c2-c2ccc3c(=O)n(-c4cccc5ccccc45)c(=O)[nH]c3c2)c(C(F)(F)F)n1. The van der Waals surface area contributed by atoms with Crippen LogP contribution < -0.4 is 11.2 Å². The van der Waals surface area contributed by atoms with Crippen LogP contribution in [0.25, 0.3) is 49.6 Å². The van der Waals surface area contributed by atoms with Gasteiger partial charge < -0.3 is 4.98 Å². The van der Waals surface area contributed by atoms with Gasteiger partial charge in [0, 0.05) is 34.3 Å². The molecule has 1 N–H and O–H groups in total. The van der Waals surface area contributed by atoms with Gasteiger partial charge in [0.05, 0.1) is 16.6 Å². The lowest BCUT2D eigenvalue weighted by Gasteiger charge is -2.14. The summed E-state index contributed by atoms with van der Waals surface area (Å²) in [5.41, 5.74) is -0.607. The van der Waals surface area contributed by atoms with Gasteiger partial charge in [-0.1, -0.05) is 73.1 Å². The fraction of sp³-hybridized carbons (Fsp3) is 0.129. The summed E-state index contributed by atoms with van der Waals surface area (Å²) in [6.45, 7) is 2.17. The van der Waals surface area contributed by atoms with Gasteiger partial charge in [-0.25, -0.2) is 9.36 Å². The first kappa shape index (κ1) is 26.6. The van der Waals surface area contributed by atoms with Crippen molar-refractivity contribution < 1.29 is 13.2 Å². The molecule has 0 saturated heterocycles. The summed E-state index contributed by atoms with van der Waals surface area (Å²) in [7, 11) is 0. The van der Waals surface area contributed by atoms with Gasteiger partial charge >= 0.3 is 11.9 Å². The Balaban J connectivity index is 1.55. The molecule has 2 heterocycles. The fourth-order valence-corrected chi connectivity index (χ4v) is 5.49. The van der Waals surface area contributed by atoms with Crippen LogP contribution in [0.15, 0.2) is 94.6 Å². The number of rotatable bonds is 5. The van der Waals surface area contributed by atoms with Gasteiger partial charge in [0.2, 0.25) is 0 Å². The highest BCUT2D eigenvalue weighted by molar-refractivity contribution is 6.34. The van der Waals surface area contributed by atoms with Crippen molar-refractivity contribution in [1.82, 2.24) is 19.3 Å². The number of hydrogen-bond acceptors (Lipinski definition) is 3. The number of H-pyrrole nitrogens is 1. The molecule has 6 nitrogen and oxygen atoms in total. The van der Waals surface area contributed by atoms with Crippen LogP contribution in [0.2, 0.25) is 5.02 Å². The van der Waals surface area contributed by atoms with E-state index in [1.807, 2.05) is 37.3 Å². The Kier molecular flexibility index (Phi) is 6.54. The zero-order valence-corrected chi connectivity index (χ0v) is 22.4. The first-order valence-corrected chi connectivity index (χ1v) is 13.3. The Labute approximate surface area is 236 Å². The maximum Gasteiger partial charge on any atom is 0.435 e. The lowest BCUT2D eigenvalue weighted by atomic mass is 9.94. The Morgan fingerprint density at radius 2 is 1.66 bits per heavy atom. The molecular formula is C31H22ClF3N4O2. The molecule has 10 heteroatoms. The number of aryl methyl sites for hydroxylation is 1.